The van der Waals surface area contributed by atoms with Crippen LogP contribution in [0.1, 0.15) is 53.4 Å². The topological polar surface area (TPSA) is 18.5 Å². The van der Waals surface area contributed by atoms with Crippen molar-refractivity contribution in [3.63, 3.8) is 0 Å². The number of unbranched alkanes of at least 4 members (excludes halogenated alkanes) is 2. The number of hydrogen-bond acceptors (Lipinski definition) is 2. The SMILES string of the molecule is CCCCOCCCC.CCOCC.c1ccc(-c2ccccc2)cc1. The van der Waals surface area contributed by atoms with Gasteiger partial charge in [-0.3, -0.25) is 0 Å². The second-order valence-electron chi connectivity index (χ2n) is 5.83. The van der Waals surface area contributed by atoms with E-state index >= 15 is 0 Å². The van der Waals surface area contributed by atoms with Crippen LogP contribution in [0.2, 0.25) is 0 Å². The van der Waals surface area contributed by atoms with Crippen LogP contribution in [0.25, 0.3) is 11.1 Å². The zero-order valence-electron chi connectivity index (χ0n) is 17.2. The fourth-order valence-corrected chi connectivity index (χ4v) is 2.06. The van der Waals surface area contributed by atoms with Gasteiger partial charge in [0.05, 0.1) is 0 Å². The highest BCUT2D eigenvalue weighted by Crippen LogP contribution is 2.17. The molecule has 0 aliphatic rings. The van der Waals surface area contributed by atoms with Crippen molar-refractivity contribution in [3.8, 4) is 11.1 Å². The Morgan fingerprint density at radius 2 is 0.923 bits per heavy atom. The maximum atomic E-state index is 5.31. The summed E-state index contributed by atoms with van der Waals surface area (Å²) in [4.78, 5) is 0. The fraction of sp³-hybridized carbons (Fsp3) is 0.500. The van der Waals surface area contributed by atoms with Crippen LogP contribution in [-0.2, 0) is 9.47 Å². The van der Waals surface area contributed by atoms with Crippen molar-refractivity contribution in [2.75, 3.05) is 26.4 Å². The Labute approximate surface area is 161 Å². The molecule has 0 amide bonds. The van der Waals surface area contributed by atoms with E-state index in [9.17, 15) is 0 Å². The fourth-order valence-electron chi connectivity index (χ4n) is 2.06. The van der Waals surface area contributed by atoms with Gasteiger partial charge in [-0.25, -0.2) is 0 Å². The van der Waals surface area contributed by atoms with E-state index in [0.29, 0.717) is 0 Å². The molecule has 0 heterocycles. The minimum Gasteiger partial charge on any atom is -0.382 e. The van der Waals surface area contributed by atoms with Gasteiger partial charge in [0.1, 0.15) is 0 Å². The van der Waals surface area contributed by atoms with Crippen molar-refractivity contribution in [1.82, 2.24) is 0 Å². The van der Waals surface area contributed by atoms with Crippen molar-refractivity contribution < 1.29 is 9.47 Å². The summed E-state index contributed by atoms with van der Waals surface area (Å²) in [5.41, 5.74) is 2.55. The van der Waals surface area contributed by atoms with Gasteiger partial charge in [0, 0.05) is 26.4 Å². The third-order valence-corrected chi connectivity index (χ3v) is 3.57. The minimum absolute atomic E-state index is 0.844. The highest BCUT2D eigenvalue weighted by molar-refractivity contribution is 5.62. The Morgan fingerprint density at radius 3 is 1.19 bits per heavy atom. The average Bonchev–Trinajstić information content (AvgIpc) is 2.71. The highest BCUT2D eigenvalue weighted by atomic mass is 16.5. The first-order valence-electron chi connectivity index (χ1n) is 10.1. The predicted molar refractivity (Wildman–Crippen MR) is 115 cm³/mol. The Kier molecular flexibility index (Phi) is 18.4. The van der Waals surface area contributed by atoms with Gasteiger partial charge in [0.15, 0.2) is 0 Å². The molecule has 0 saturated carbocycles. The molecule has 0 spiro atoms. The number of rotatable bonds is 9. The van der Waals surface area contributed by atoms with Crippen molar-refractivity contribution in [2.24, 2.45) is 0 Å². The summed E-state index contributed by atoms with van der Waals surface area (Å²) in [5.74, 6) is 0. The zero-order chi connectivity index (χ0) is 19.3. The Hall–Kier alpha value is -1.64. The lowest BCUT2D eigenvalue weighted by molar-refractivity contribution is 0.128. The van der Waals surface area contributed by atoms with E-state index in [1.165, 1.54) is 36.8 Å². The molecule has 0 bridgehead atoms. The average molecular weight is 359 g/mol. The van der Waals surface area contributed by atoms with Crippen molar-refractivity contribution in [3.05, 3.63) is 60.7 Å². The summed E-state index contributed by atoms with van der Waals surface area (Å²) < 4.78 is 10.1. The molecule has 0 N–H and O–H groups in total. The highest BCUT2D eigenvalue weighted by Gasteiger charge is 1.91. The molecule has 2 heteroatoms. The van der Waals surface area contributed by atoms with Gasteiger partial charge in [-0.05, 0) is 37.8 Å². The molecule has 0 saturated heterocycles. The van der Waals surface area contributed by atoms with Gasteiger partial charge in [-0.15, -0.1) is 0 Å². The third kappa shape index (κ3) is 14.7. The van der Waals surface area contributed by atoms with E-state index in [1.54, 1.807) is 0 Å². The third-order valence-electron chi connectivity index (χ3n) is 3.57. The first-order valence-corrected chi connectivity index (χ1v) is 10.1. The standard InChI is InChI=1S/C12H10.C8H18O.C4H10O/c1-3-7-11(8-4-1)12-9-5-2-6-10-12;1-3-5-7-9-8-6-4-2;1-3-5-4-2/h1-10H;3-8H2,1-2H3;3-4H2,1-2H3. The lowest BCUT2D eigenvalue weighted by Crippen LogP contribution is -1.95. The van der Waals surface area contributed by atoms with E-state index in [0.717, 1.165) is 26.4 Å². The minimum atomic E-state index is 0.844. The molecular formula is C24H38O2. The maximum Gasteiger partial charge on any atom is 0.0465 e. The molecule has 0 aromatic heterocycles. The van der Waals surface area contributed by atoms with E-state index in [-0.39, 0.29) is 0 Å². The molecule has 146 valence electrons. The Morgan fingerprint density at radius 1 is 0.538 bits per heavy atom. The van der Waals surface area contributed by atoms with Gasteiger partial charge in [-0.1, -0.05) is 87.4 Å². The van der Waals surface area contributed by atoms with Crippen LogP contribution in [-0.4, -0.2) is 26.4 Å². The van der Waals surface area contributed by atoms with Crippen molar-refractivity contribution in [1.29, 1.82) is 0 Å². The van der Waals surface area contributed by atoms with Gasteiger partial charge in [0.2, 0.25) is 0 Å². The lowest BCUT2D eigenvalue weighted by Gasteiger charge is -1.99. The van der Waals surface area contributed by atoms with Gasteiger partial charge in [-0.2, -0.15) is 0 Å². The first-order chi connectivity index (χ1) is 12.8. The van der Waals surface area contributed by atoms with E-state index in [2.05, 4.69) is 62.4 Å². The van der Waals surface area contributed by atoms with Crippen LogP contribution in [0.4, 0.5) is 0 Å². The van der Waals surface area contributed by atoms with Crippen LogP contribution in [0.3, 0.4) is 0 Å². The molecule has 2 aromatic rings. The quantitative estimate of drug-likeness (QED) is 0.449. The largest absolute Gasteiger partial charge is 0.382 e. The van der Waals surface area contributed by atoms with Crippen LogP contribution in [0.15, 0.2) is 60.7 Å². The van der Waals surface area contributed by atoms with E-state index < -0.39 is 0 Å². The van der Waals surface area contributed by atoms with E-state index in [1.807, 2.05) is 26.0 Å². The van der Waals surface area contributed by atoms with Gasteiger partial charge < -0.3 is 9.47 Å². The Balaban J connectivity index is 0.000000397. The molecule has 0 aliphatic heterocycles. The summed E-state index contributed by atoms with van der Waals surface area (Å²) in [6, 6.07) is 20.8. The molecule has 2 nitrogen and oxygen atoms in total. The van der Waals surface area contributed by atoms with E-state index in [4.69, 9.17) is 9.47 Å². The summed E-state index contributed by atoms with van der Waals surface area (Å²) in [6.45, 7) is 11.9. The van der Waals surface area contributed by atoms with Crippen LogP contribution in [0, 0.1) is 0 Å². The number of benzene rings is 2. The van der Waals surface area contributed by atoms with Crippen LogP contribution >= 0.6 is 0 Å². The smallest absolute Gasteiger partial charge is 0.0465 e. The summed E-state index contributed by atoms with van der Waals surface area (Å²) >= 11 is 0. The molecule has 2 aromatic carbocycles. The summed E-state index contributed by atoms with van der Waals surface area (Å²) in [6.07, 6.45) is 4.91. The predicted octanol–water partition coefficient (Wildman–Crippen LogP) is 7.00. The van der Waals surface area contributed by atoms with Crippen LogP contribution in [0.5, 0.6) is 0 Å². The van der Waals surface area contributed by atoms with Gasteiger partial charge in [0.25, 0.3) is 0 Å². The normalized spacial score (nSPS) is 9.54. The lowest BCUT2D eigenvalue weighted by atomic mass is 10.1. The molecule has 0 radical (unpaired) electrons. The van der Waals surface area contributed by atoms with Crippen molar-refractivity contribution >= 4 is 0 Å². The molecule has 0 aliphatic carbocycles. The summed E-state index contributed by atoms with van der Waals surface area (Å²) in [5, 5.41) is 0. The van der Waals surface area contributed by atoms with Gasteiger partial charge >= 0.3 is 0 Å². The molecule has 0 unspecified atom stereocenters. The zero-order valence-corrected chi connectivity index (χ0v) is 17.2. The number of hydrogen-bond donors (Lipinski definition) is 0. The first kappa shape index (κ1) is 24.4. The monoisotopic (exact) mass is 358 g/mol. The molecule has 0 atom stereocenters. The van der Waals surface area contributed by atoms with Crippen molar-refractivity contribution in [2.45, 2.75) is 53.4 Å². The summed E-state index contributed by atoms with van der Waals surface area (Å²) in [7, 11) is 0. The molecule has 2 rings (SSSR count). The second-order valence-corrected chi connectivity index (χ2v) is 5.83. The Bertz CT molecular complexity index is 437. The molecule has 26 heavy (non-hydrogen) atoms. The maximum absolute atomic E-state index is 5.31. The number of ether oxygens (including phenoxy) is 2. The molecule has 0 fully saturated rings. The second kappa shape index (κ2) is 19.7. The molecular weight excluding hydrogens is 320 g/mol. The van der Waals surface area contributed by atoms with Crippen LogP contribution < -0.4 is 0 Å².